The average molecular weight is 345 g/mol. The summed E-state index contributed by atoms with van der Waals surface area (Å²) in [6.07, 6.45) is 0. The zero-order chi connectivity index (χ0) is 15.6. The highest BCUT2D eigenvalue weighted by molar-refractivity contribution is 7.71. The van der Waals surface area contributed by atoms with Crippen LogP contribution in [0.4, 0.5) is 0 Å². The molecule has 0 aliphatic heterocycles. The van der Waals surface area contributed by atoms with E-state index in [9.17, 15) is 4.79 Å². The number of halogens is 2. The van der Waals surface area contributed by atoms with Gasteiger partial charge in [-0.15, -0.1) is 0 Å². The van der Waals surface area contributed by atoms with Gasteiger partial charge in [0.2, 0.25) is 0 Å². The summed E-state index contributed by atoms with van der Waals surface area (Å²) in [5, 5.41) is 10.5. The maximum atomic E-state index is 12.3. The fraction of sp³-hybridized carbons (Fsp3) is 0.308. The van der Waals surface area contributed by atoms with Gasteiger partial charge in [-0.25, -0.2) is 0 Å². The van der Waals surface area contributed by atoms with Crippen molar-refractivity contribution in [1.82, 2.24) is 20.1 Å². The van der Waals surface area contributed by atoms with E-state index >= 15 is 0 Å². The molecule has 21 heavy (non-hydrogen) atoms. The molecule has 112 valence electrons. The summed E-state index contributed by atoms with van der Waals surface area (Å²) in [7, 11) is 0. The Hall–Kier alpha value is -1.37. The second-order valence-electron chi connectivity index (χ2n) is 4.45. The predicted octanol–water partition coefficient (Wildman–Crippen LogP) is 3.76. The summed E-state index contributed by atoms with van der Waals surface area (Å²) in [6, 6.07) is 4.43. The SMILES string of the molecule is CCn1c([C@H](C)NC(=O)c2ccc(Cl)cc2Cl)n[nH]c1=S. The molecule has 0 aliphatic rings. The Bertz CT molecular complexity index is 725. The Labute approximate surface area is 137 Å². The van der Waals surface area contributed by atoms with Gasteiger partial charge >= 0.3 is 0 Å². The number of amides is 1. The van der Waals surface area contributed by atoms with Crippen LogP contribution in [-0.2, 0) is 6.54 Å². The van der Waals surface area contributed by atoms with Crippen LogP contribution in [-0.4, -0.2) is 20.7 Å². The smallest absolute Gasteiger partial charge is 0.253 e. The van der Waals surface area contributed by atoms with Gasteiger partial charge in [0.1, 0.15) is 0 Å². The third-order valence-electron chi connectivity index (χ3n) is 3.01. The second kappa shape index (κ2) is 6.60. The molecule has 0 bridgehead atoms. The van der Waals surface area contributed by atoms with E-state index in [0.717, 1.165) is 0 Å². The monoisotopic (exact) mass is 344 g/mol. The molecular weight excluding hydrogens is 331 g/mol. The maximum Gasteiger partial charge on any atom is 0.253 e. The number of H-pyrrole nitrogens is 1. The molecule has 1 heterocycles. The number of carbonyl (C=O) groups excluding carboxylic acids is 1. The zero-order valence-electron chi connectivity index (χ0n) is 11.5. The van der Waals surface area contributed by atoms with Gasteiger partial charge in [-0.05, 0) is 44.3 Å². The van der Waals surface area contributed by atoms with Gasteiger partial charge < -0.3 is 9.88 Å². The molecule has 2 aromatic rings. The third-order valence-corrected chi connectivity index (χ3v) is 3.87. The molecule has 2 N–H and O–H groups in total. The summed E-state index contributed by atoms with van der Waals surface area (Å²) in [5.74, 6) is 0.377. The van der Waals surface area contributed by atoms with Crippen molar-refractivity contribution >= 4 is 41.3 Å². The number of aromatic amines is 1. The van der Waals surface area contributed by atoms with Crippen molar-refractivity contribution in [3.05, 3.63) is 44.4 Å². The fourth-order valence-corrected chi connectivity index (χ4v) is 2.74. The van der Waals surface area contributed by atoms with Crippen molar-refractivity contribution in [2.45, 2.75) is 26.4 Å². The van der Waals surface area contributed by atoms with Crippen LogP contribution in [0.15, 0.2) is 18.2 Å². The normalized spacial score (nSPS) is 12.2. The lowest BCUT2D eigenvalue weighted by Crippen LogP contribution is -2.29. The van der Waals surface area contributed by atoms with Gasteiger partial charge in [0.25, 0.3) is 5.91 Å². The van der Waals surface area contributed by atoms with Crippen LogP contribution >= 0.6 is 35.4 Å². The number of nitrogens with zero attached hydrogens (tertiary/aromatic N) is 2. The molecule has 0 radical (unpaired) electrons. The quantitative estimate of drug-likeness (QED) is 0.830. The molecule has 1 amide bonds. The van der Waals surface area contributed by atoms with Crippen molar-refractivity contribution in [1.29, 1.82) is 0 Å². The highest BCUT2D eigenvalue weighted by Gasteiger charge is 2.18. The number of nitrogens with one attached hydrogen (secondary N) is 2. The molecule has 5 nitrogen and oxygen atoms in total. The molecule has 0 unspecified atom stereocenters. The highest BCUT2D eigenvalue weighted by Crippen LogP contribution is 2.21. The van der Waals surface area contributed by atoms with Crippen LogP contribution in [0.2, 0.25) is 10.0 Å². The van der Waals surface area contributed by atoms with E-state index in [-0.39, 0.29) is 11.9 Å². The van der Waals surface area contributed by atoms with Gasteiger partial charge in [0.15, 0.2) is 10.6 Å². The van der Waals surface area contributed by atoms with Crippen molar-refractivity contribution in [2.24, 2.45) is 0 Å². The Morgan fingerprint density at radius 1 is 1.52 bits per heavy atom. The molecule has 1 atom stereocenters. The van der Waals surface area contributed by atoms with Crippen LogP contribution in [0.5, 0.6) is 0 Å². The van der Waals surface area contributed by atoms with Crippen LogP contribution in [0.3, 0.4) is 0 Å². The van der Waals surface area contributed by atoms with E-state index < -0.39 is 0 Å². The molecule has 0 saturated heterocycles. The lowest BCUT2D eigenvalue weighted by atomic mass is 10.2. The first-order valence-corrected chi connectivity index (χ1v) is 7.51. The first-order valence-electron chi connectivity index (χ1n) is 6.35. The van der Waals surface area contributed by atoms with Crippen LogP contribution in [0, 0.1) is 4.77 Å². The molecule has 1 aromatic carbocycles. The summed E-state index contributed by atoms with van der Waals surface area (Å²) < 4.78 is 2.35. The van der Waals surface area contributed by atoms with E-state index in [1.807, 2.05) is 18.4 Å². The topological polar surface area (TPSA) is 62.7 Å². The number of hydrogen-bond acceptors (Lipinski definition) is 3. The summed E-state index contributed by atoms with van der Waals surface area (Å²) in [5.41, 5.74) is 0.366. The Morgan fingerprint density at radius 3 is 2.86 bits per heavy atom. The highest BCUT2D eigenvalue weighted by atomic mass is 35.5. The first-order chi connectivity index (χ1) is 9.93. The maximum absolute atomic E-state index is 12.3. The minimum absolute atomic E-state index is 0.291. The van der Waals surface area contributed by atoms with Crippen molar-refractivity contribution in [3.8, 4) is 0 Å². The Morgan fingerprint density at radius 2 is 2.24 bits per heavy atom. The van der Waals surface area contributed by atoms with Gasteiger partial charge in [-0.3, -0.25) is 9.89 Å². The van der Waals surface area contributed by atoms with Gasteiger partial charge in [-0.2, -0.15) is 5.10 Å². The van der Waals surface area contributed by atoms with Gasteiger partial charge in [0.05, 0.1) is 16.6 Å². The predicted molar refractivity (Wildman–Crippen MR) is 85.4 cm³/mol. The standard InChI is InChI=1S/C13H14Cl2N4OS/c1-3-19-11(17-18-13(19)21)7(2)16-12(20)9-5-4-8(14)6-10(9)15/h4-7H,3H2,1-2H3,(H,16,20)(H,18,21)/t7-/m0/s1. The van der Waals surface area contributed by atoms with Crippen LogP contribution in [0.25, 0.3) is 0 Å². The molecule has 0 spiro atoms. The second-order valence-corrected chi connectivity index (χ2v) is 5.68. The molecule has 0 fully saturated rings. The molecule has 2 rings (SSSR count). The Balaban J connectivity index is 2.20. The van der Waals surface area contributed by atoms with E-state index in [0.29, 0.717) is 32.7 Å². The van der Waals surface area contributed by atoms with Crippen LogP contribution < -0.4 is 5.32 Å². The fourth-order valence-electron chi connectivity index (χ4n) is 1.98. The minimum Gasteiger partial charge on any atom is -0.342 e. The summed E-state index contributed by atoms with van der Waals surface area (Å²) >= 11 is 17.0. The number of rotatable bonds is 4. The van der Waals surface area contributed by atoms with E-state index in [4.69, 9.17) is 35.4 Å². The van der Waals surface area contributed by atoms with Gasteiger partial charge in [0, 0.05) is 11.6 Å². The van der Waals surface area contributed by atoms with Crippen LogP contribution in [0.1, 0.15) is 36.1 Å². The first kappa shape index (κ1) is 16.0. The molecular formula is C13H14Cl2N4OS. The van der Waals surface area contributed by atoms with E-state index in [1.165, 1.54) is 6.07 Å². The molecule has 8 heteroatoms. The number of aromatic nitrogens is 3. The Kier molecular flexibility index (Phi) is 5.03. The molecule has 0 saturated carbocycles. The summed E-state index contributed by atoms with van der Waals surface area (Å²) in [4.78, 5) is 12.3. The average Bonchev–Trinajstić information content (AvgIpc) is 2.79. The van der Waals surface area contributed by atoms with Crippen molar-refractivity contribution in [2.75, 3.05) is 0 Å². The van der Waals surface area contributed by atoms with Crippen molar-refractivity contribution in [3.63, 3.8) is 0 Å². The lowest BCUT2D eigenvalue weighted by molar-refractivity contribution is 0.0937. The summed E-state index contributed by atoms with van der Waals surface area (Å²) in [6.45, 7) is 4.46. The zero-order valence-corrected chi connectivity index (χ0v) is 13.8. The lowest BCUT2D eigenvalue weighted by Gasteiger charge is -2.14. The minimum atomic E-state index is -0.308. The van der Waals surface area contributed by atoms with Crippen molar-refractivity contribution < 1.29 is 4.79 Å². The van der Waals surface area contributed by atoms with Gasteiger partial charge in [-0.1, -0.05) is 23.2 Å². The third kappa shape index (κ3) is 3.45. The van der Waals surface area contributed by atoms with E-state index in [1.54, 1.807) is 12.1 Å². The molecule has 1 aromatic heterocycles. The number of hydrogen-bond donors (Lipinski definition) is 2. The molecule has 0 aliphatic carbocycles. The number of benzene rings is 1. The van der Waals surface area contributed by atoms with E-state index in [2.05, 4.69) is 15.5 Å². The number of carbonyl (C=O) groups is 1. The largest absolute Gasteiger partial charge is 0.342 e.